The predicted molar refractivity (Wildman–Crippen MR) is 71.7 cm³/mol. The van der Waals surface area contributed by atoms with Gasteiger partial charge < -0.3 is 9.84 Å². The third-order valence-corrected chi connectivity index (χ3v) is 3.45. The quantitative estimate of drug-likeness (QED) is 0.541. The van der Waals surface area contributed by atoms with E-state index in [9.17, 15) is 5.11 Å². The normalized spacial score (nSPS) is 24.9. The Morgan fingerprint density at radius 1 is 1.41 bits per heavy atom. The molecule has 2 heteroatoms. The van der Waals surface area contributed by atoms with E-state index >= 15 is 0 Å². The van der Waals surface area contributed by atoms with Crippen molar-refractivity contribution in [2.75, 3.05) is 6.61 Å². The van der Waals surface area contributed by atoms with E-state index in [1.54, 1.807) is 0 Å². The van der Waals surface area contributed by atoms with E-state index in [0.717, 1.165) is 19.3 Å². The molecule has 0 heterocycles. The fraction of sp³-hybridized carbons (Fsp3) is 0.733. The molecule has 0 spiro atoms. The van der Waals surface area contributed by atoms with Crippen molar-refractivity contribution in [3.63, 3.8) is 0 Å². The van der Waals surface area contributed by atoms with E-state index in [4.69, 9.17) is 4.74 Å². The summed E-state index contributed by atoms with van der Waals surface area (Å²) in [6, 6.07) is 0. The highest BCUT2D eigenvalue weighted by Crippen LogP contribution is 2.25. The average molecular weight is 238 g/mol. The number of aliphatic hydroxyl groups excluding tert-OH is 1. The Bertz CT molecular complexity index is 262. The molecule has 0 aromatic carbocycles. The number of rotatable bonds is 7. The molecule has 0 aromatic heterocycles. The molecular formula is C15H26O2. The lowest BCUT2D eigenvalue weighted by Gasteiger charge is -2.13. The Morgan fingerprint density at radius 3 is 2.65 bits per heavy atom. The minimum Gasteiger partial charge on any atom is -0.365 e. The molecule has 0 aromatic rings. The standard InChI is InChI=1S/C15H26O2/c1-4-13(5-2)11-15(16)17-9-8-14-7-6-12(3)10-14/h6-7,11-12,14-16H,4-5,8-10H2,1-3H3/t12-,14?,15?/m0/s1. The molecule has 0 radical (unpaired) electrons. The zero-order valence-electron chi connectivity index (χ0n) is 11.4. The summed E-state index contributed by atoms with van der Waals surface area (Å²) in [4.78, 5) is 0. The summed E-state index contributed by atoms with van der Waals surface area (Å²) in [5.74, 6) is 1.34. The molecule has 0 bridgehead atoms. The summed E-state index contributed by atoms with van der Waals surface area (Å²) in [7, 11) is 0. The van der Waals surface area contributed by atoms with Gasteiger partial charge in [-0.05, 0) is 43.6 Å². The molecule has 0 saturated carbocycles. The molecule has 0 fully saturated rings. The van der Waals surface area contributed by atoms with E-state index in [0.29, 0.717) is 18.4 Å². The van der Waals surface area contributed by atoms with E-state index in [-0.39, 0.29) is 0 Å². The van der Waals surface area contributed by atoms with Crippen LogP contribution in [0.5, 0.6) is 0 Å². The zero-order valence-corrected chi connectivity index (χ0v) is 11.4. The van der Waals surface area contributed by atoms with Crippen LogP contribution in [-0.2, 0) is 4.74 Å². The summed E-state index contributed by atoms with van der Waals surface area (Å²) in [5, 5.41) is 9.69. The van der Waals surface area contributed by atoms with Crippen LogP contribution >= 0.6 is 0 Å². The lowest BCUT2D eigenvalue weighted by atomic mass is 10.0. The molecule has 0 aliphatic heterocycles. The number of allylic oxidation sites excluding steroid dienone is 3. The number of hydrogen-bond acceptors (Lipinski definition) is 2. The van der Waals surface area contributed by atoms with E-state index < -0.39 is 6.29 Å². The first-order chi connectivity index (χ1) is 8.15. The Balaban J connectivity index is 2.18. The molecule has 17 heavy (non-hydrogen) atoms. The van der Waals surface area contributed by atoms with Crippen LogP contribution in [0.25, 0.3) is 0 Å². The van der Waals surface area contributed by atoms with Crippen LogP contribution in [0.3, 0.4) is 0 Å². The van der Waals surface area contributed by atoms with Gasteiger partial charge in [0.2, 0.25) is 0 Å². The summed E-state index contributed by atoms with van der Waals surface area (Å²) >= 11 is 0. The molecule has 1 rings (SSSR count). The van der Waals surface area contributed by atoms with Gasteiger partial charge in [0.25, 0.3) is 0 Å². The molecule has 0 amide bonds. The second-order valence-corrected chi connectivity index (χ2v) is 4.94. The topological polar surface area (TPSA) is 29.5 Å². The van der Waals surface area contributed by atoms with Gasteiger partial charge in [0.15, 0.2) is 6.29 Å². The highest BCUT2D eigenvalue weighted by Gasteiger charge is 2.15. The van der Waals surface area contributed by atoms with Crippen LogP contribution in [0.2, 0.25) is 0 Å². The highest BCUT2D eigenvalue weighted by molar-refractivity contribution is 5.02. The van der Waals surface area contributed by atoms with Crippen LogP contribution in [0.15, 0.2) is 23.8 Å². The first kappa shape index (κ1) is 14.5. The number of aliphatic hydroxyl groups is 1. The SMILES string of the molecule is CCC(=CC(O)OCCC1C=C[C@H](C)C1)CC. The maximum absolute atomic E-state index is 9.69. The van der Waals surface area contributed by atoms with Gasteiger partial charge in [-0.1, -0.05) is 38.5 Å². The Morgan fingerprint density at radius 2 is 2.12 bits per heavy atom. The van der Waals surface area contributed by atoms with Crippen LogP contribution in [0.4, 0.5) is 0 Å². The minimum absolute atomic E-state index is 0.637. The Kier molecular flexibility index (Phi) is 6.53. The first-order valence-corrected chi connectivity index (χ1v) is 6.83. The minimum atomic E-state index is -0.729. The average Bonchev–Trinajstić information content (AvgIpc) is 2.72. The van der Waals surface area contributed by atoms with Gasteiger partial charge in [0, 0.05) is 0 Å². The van der Waals surface area contributed by atoms with Crippen molar-refractivity contribution in [2.45, 2.75) is 52.7 Å². The lowest BCUT2D eigenvalue weighted by molar-refractivity contribution is -0.0674. The van der Waals surface area contributed by atoms with Crippen molar-refractivity contribution in [1.82, 2.24) is 0 Å². The number of hydrogen-bond donors (Lipinski definition) is 1. The third kappa shape index (κ3) is 5.51. The summed E-state index contributed by atoms with van der Waals surface area (Å²) < 4.78 is 5.42. The molecule has 1 aliphatic carbocycles. The van der Waals surface area contributed by atoms with Gasteiger partial charge >= 0.3 is 0 Å². The van der Waals surface area contributed by atoms with Crippen LogP contribution in [0, 0.1) is 11.8 Å². The van der Waals surface area contributed by atoms with E-state index in [1.807, 2.05) is 6.08 Å². The van der Waals surface area contributed by atoms with E-state index in [1.165, 1.54) is 12.0 Å². The van der Waals surface area contributed by atoms with Gasteiger partial charge in [-0.3, -0.25) is 0 Å². The number of ether oxygens (including phenoxy) is 1. The Labute approximate surface area is 105 Å². The summed E-state index contributed by atoms with van der Waals surface area (Å²) in [5.41, 5.74) is 1.26. The lowest BCUT2D eigenvalue weighted by Crippen LogP contribution is -2.12. The van der Waals surface area contributed by atoms with Crippen molar-refractivity contribution in [3.05, 3.63) is 23.8 Å². The predicted octanol–water partition coefficient (Wildman–Crippen LogP) is 3.67. The largest absolute Gasteiger partial charge is 0.365 e. The maximum Gasteiger partial charge on any atom is 0.174 e. The van der Waals surface area contributed by atoms with Crippen LogP contribution in [0.1, 0.15) is 46.5 Å². The fourth-order valence-corrected chi connectivity index (χ4v) is 2.27. The second kappa shape index (κ2) is 7.67. The molecule has 2 unspecified atom stereocenters. The molecule has 98 valence electrons. The van der Waals surface area contributed by atoms with Crippen LogP contribution in [-0.4, -0.2) is 18.0 Å². The van der Waals surface area contributed by atoms with Gasteiger partial charge in [-0.2, -0.15) is 0 Å². The van der Waals surface area contributed by atoms with E-state index in [2.05, 4.69) is 32.9 Å². The summed E-state index contributed by atoms with van der Waals surface area (Å²) in [6.07, 6.45) is 9.87. The van der Waals surface area contributed by atoms with Crippen LogP contribution < -0.4 is 0 Å². The molecule has 1 aliphatic rings. The van der Waals surface area contributed by atoms with Crippen molar-refractivity contribution < 1.29 is 9.84 Å². The molecule has 2 nitrogen and oxygen atoms in total. The third-order valence-electron chi connectivity index (χ3n) is 3.45. The monoisotopic (exact) mass is 238 g/mol. The molecule has 1 N–H and O–H groups in total. The fourth-order valence-electron chi connectivity index (χ4n) is 2.27. The zero-order chi connectivity index (χ0) is 12.7. The smallest absolute Gasteiger partial charge is 0.174 e. The molecule has 0 saturated heterocycles. The van der Waals surface area contributed by atoms with Gasteiger partial charge in [-0.15, -0.1) is 0 Å². The van der Waals surface area contributed by atoms with Crippen molar-refractivity contribution in [2.24, 2.45) is 11.8 Å². The van der Waals surface area contributed by atoms with Gasteiger partial charge in [0.05, 0.1) is 6.61 Å². The first-order valence-electron chi connectivity index (χ1n) is 6.83. The second-order valence-electron chi connectivity index (χ2n) is 4.94. The molecular weight excluding hydrogens is 212 g/mol. The van der Waals surface area contributed by atoms with Crippen molar-refractivity contribution in [1.29, 1.82) is 0 Å². The van der Waals surface area contributed by atoms with Gasteiger partial charge in [0.1, 0.15) is 0 Å². The highest BCUT2D eigenvalue weighted by atomic mass is 16.6. The maximum atomic E-state index is 9.69. The summed E-state index contributed by atoms with van der Waals surface area (Å²) in [6.45, 7) is 7.09. The van der Waals surface area contributed by atoms with Gasteiger partial charge in [-0.25, -0.2) is 0 Å². The van der Waals surface area contributed by atoms with Crippen molar-refractivity contribution in [3.8, 4) is 0 Å². The Hall–Kier alpha value is -0.600. The van der Waals surface area contributed by atoms with Crippen molar-refractivity contribution >= 4 is 0 Å². The molecule has 3 atom stereocenters.